The molecule has 7 nitrogen and oxygen atoms in total. The Bertz CT molecular complexity index is 916. The maximum atomic E-state index is 12.5. The Labute approximate surface area is 164 Å². The molecule has 144 valence electrons. The van der Waals surface area contributed by atoms with E-state index in [1.807, 2.05) is 37.3 Å². The summed E-state index contributed by atoms with van der Waals surface area (Å²) in [6.45, 7) is 2.03. The summed E-state index contributed by atoms with van der Waals surface area (Å²) in [5.74, 6) is 1.61. The van der Waals surface area contributed by atoms with Crippen LogP contribution >= 0.6 is 0 Å². The monoisotopic (exact) mass is 377 g/mol. The summed E-state index contributed by atoms with van der Waals surface area (Å²) in [5, 5.41) is 5.93. The van der Waals surface area contributed by atoms with Gasteiger partial charge in [0.1, 0.15) is 11.6 Å². The van der Waals surface area contributed by atoms with Crippen molar-refractivity contribution in [1.82, 2.24) is 15.3 Å². The predicted molar refractivity (Wildman–Crippen MR) is 110 cm³/mol. The van der Waals surface area contributed by atoms with Crippen LogP contribution in [0, 0.1) is 0 Å². The van der Waals surface area contributed by atoms with Gasteiger partial charge >= 0.3 is 6.03 Å². The number of carbonyl (C=O) groups excluding carboxylic acids is 1. The molecule has 7 heteroatoms. The molecular formula is C21H23N5O2. The van der Waals surface area contributed by atoms with Crippen LogP contribution in [0.1, 0.15) is 18.5 Å². The van der Waals surface area contributed by atoms with Crippen LogP contribution in [0.5, 0.6) is 5.75 Å². The minimum Gasteiger partial charge on any atom is -0.497 e. The molecule has 0 fully saturated rings. The number of carbonyl (C=O) groups is 1. The summed E-state index contributed by atoms with van der Waals surface area (Å²) in [7, 11) is 3.18. The maximum Gasteiger partial charge on any atom is 0.327 e. The van der Waals surface area contributed by atoms with Crippen LogP contribution in [-0.4, -0.2) is 30.2 Å². The molecule has 0 spiro atoms. The Morgan fingerprint density at radius 1 is 1.07 bits per heavy atom. The summed E-state index contributed by atoms with van der Waals surface area (Å²) in [5.41, 5.74) is 1.79. The van der Waals surface area contributed by atoms with Crippen LogP contribution in [0.25, 0.3) is 0 Å². The van der Waals surface area contributed by atoms with Gasteiger partial charge in [-0.1, -0.05) is 30.3 Å². The maximum absolute atomic E-state index is 12.5. The van der Waals surface area contributed by atoms with Crippen molar-refractivity contribution in [2.24, 2.45) is 0 Å². The second-order valence-corrected chi connectivity index (χ2v) is 6.10. The number of hydrogen-bond donors (Lipinski definition) is 2. The molecule has 0 aliphatic heterocycles. The number of anilines is 3. The van der Waals surface area contributed by atoms with Gasteiger partial charge in [0.05, 0.1) is 18.8 Å². The van der Waals surface area contributed by atoms with Crippen molar-refractivity contribution < 1.29 is 9.53 Å². The van der Waals surface area contributed by atoms with Gasteiger partial charge in [0.2, 0.25) is 5.95 Å². The van der Waals surface area contributed by atoms with E-state index in [4.69, 9.17) is 4.74 Å². The largest absolute Gasteiger partial charge is 0.497 e. The van der Waals surface area contributed by atoms with Crippen molar-refractivity contribution >= 4 is 23.5 Å². The molecule has 0 radical (unpaired) electrons. The first-order valence-electron chi connectivity index (χ1n) is 8.93. The number of methoxy groups -OCH3 is 1. The molecule has 0 unspecified atom stereocenters. The van der Waals surface area contributed by atoms with E-state index in [1.54, 1.807) is 50.7 Å². The van der Waals surface area contributed by atoms with Crippen molar-refractivity contribution in [2.75, 3.05) is 24.4 Å². The average molecular weight is 377 g/mol. The number of urea groups is 1. The fraction of sp³-hybridized carbons (Fsp3) is 0.190. The highest BCUT2D eigenvalue weighted by Gasteiger charge is 2.19. The van der Waals surface area contributed by atoms with Gasteiger partial charge in [-0.25, -0.2) is 14.7 Å². The number of nitrogens with zero attached hydrogens (tertiary/aromatic N) is 3. The van der Waals surface area contributed by atoms with E-state index in [-0.39, 0.29) is 12.1 Å². The van der Waals surface area contributed by atoms with Gasteiger partial charge in [-0.3, -0.25) is 0 Å². The zero-order chi connectivity index (χ0) is 19.9. The third-order valence-electron chi connectivity index (χ3n) is 4.26. The van der Waals surface area contributed by atoms with E-state index < -0.39 is 0 Å². The highest BCUT2D eigenvalue weighted by molar-refractivity contribution is 5.98. The summed E-state index contributed by atoms with van der Waals surface area (Å²) < 4.78 is 5.19. The van der Waals surface area contributed by atoms with Crippen molar-refractivity contribution in [3.63, 3.8) is 0 Å². The number of ether oxygens (including phenoxy) is 1. The van der Waals surface area contributed by atoms with E-state index in [0.717, 1.165) is 5.56 Å². The van der Waals surface area contributed by atoms with Crippen LogP contribution < -0.4 is 20.3 Å². The van der Waals surface area contributed by atoms with E-state index in [0.29, 0.717) is 23.2 Å². The van der Waals surface area contributed by atoms with E-state index in [2.05, 4.69) is 20.6 Å². The number of hydrogen-bond acceptors (Lipinski definition) is 5. The second kappa shape index (κ2) is 8.85. The number of rotatable bonds is 6. The molecule has 0 aliphatic carbocycles. The Morgan fingerprint density at radius 3 is 2.43 bits per heavy atom. The molecule has 0 saturated heterocycles. The lowest BCUT2D eigenvalue weighted by Crippen LogP contribution is -2.35. The third kappa shape index (κ3) is 4.37. The van der Waals surface area contributed by atoms with E-state index >= 15 is 0 Å². The molecule has 1 aromatic heterocycles. The Morgan fingerprint density at radius 2 is 1.79 bits per heavy atom. The van der Waals surface area contributed by atoms with Crippen molar-refractivity contribution in [3.05, 3.63) is 72.4 Å². The lowest BCUT2D eigenvalue weighted by molar-refractivity contribution is 0.250. The smallest absolute Gasteiger partial charge is 0.327 e. The summed E-state index contributed by atoms with van der Waals surface area (Å²) in [4.78, 5) is 22.8. The molecule has 0 bridgehead atoms. The van der Waals surface area contributed by atoms with Crippen LogP contribution in [0.3, 0.4) is 0 Å². The summed E-state index contributed by atoms with van der Waals surface area (Å²) >= 11 is 0. The zero-order valence-corrected chi connectivity index (χ0v) is 16.1. The fourth-order valence-corrected chi connectivity index (χ4v) is 2.76. The molecule has 28 heavy (non-hydrogen) atoms. The molecule has 1 atom stereocenters. The van der Waals surface area contributed by atoms with Crippen molar-refractivity contribution in [2.45, 2.75) is 13.0 Å². The molecule has 2 aromatic carbocycles. The summed E-state index contributed by atoms with van der Waals surface area (Å²) in [6.07, 6.45) is 1.63. The standard InChI is InChI=1S/C21H23N5O2/c1-15(16-7-5-4-6-8-16)24-20-23-14-13-19(25-20)26(21(27)22-2)17-9-11-18(28-3)12-10-17/h4-15H,1-3H3,(H,22,27)(H,23,24,25)/t15-/m0/s1. The molecule has 0 aliphatic rings. The zero-order valence-electron chi connectivity index (χ0n) is 16.1. The first-order chi connectivity index (χ1) is 13.6. The summed E-state index contributed by atoms with van der Waals surface area (Å²) in [6, 6.07) is 18.6. The molecule has 2 N–H and O–H groups in total. The molecule has 1 heterocycles. The van der Waals surface area contributed by atoms with Crippen molar-refractivity contribution in [1.29, 1.82) is 0 Å². The lowest BCUT2D eigenvalue weighted by Gasteiger charge is -2.22. The topological polar surface area (TPSA) is 79.4 Å². The van der Waals surface area contributed by atoms with Crippen LogP contribution in [0.4, 0.5) is 22.2 Å². The first-order valence-corrected chi connectivity index (χ1v) is 8.93. The number of benzene rings is 2. The molecule has 2 amide bonds. The number of nitrogens with one attached hydrogen (secondary N) is 2. The minimum absolute atomic E-state index is 0.0193. The Kier molecular flexibility index (Phi) is 6.06. The van der Waals surface area contributed by atoms with Crippen LogP contribution in [0.15, 0.2) is 66.9 Å². The SMILES string of the molecule is CNC(=O)N(c1ccc(OC)cc1)c1ccnc(N[C@@H](C)c2ccccc2)n1. The minimum atomic E-state index is -0.300. The van der Waals surface area contributed by atoms with Gasteiger partial charge < -0.3 is 15.4 Å². The predicted octanol–water partition coefficient (Wildman–Crippen LogP) is 4.14. The Hall–Kier alpha value is -3.61. The van der Waals surface area contributed by atoms with Crippen LogP contribution in [-0.2, 0) is 0 Å². The van der Waals surface area contributed by atoms with Gasteiger partial charge in [0.15, 0.2) is 0 Å². The van der Waals surface area contributed by atoms with Gasteiger partial charge in [0, 0.05) is 19.3 Å². The van der Waals surface area contributed by atoms with Gasteiger partial charge in [0.25, 0.3) is 0 Å². The van der Waals surface area contributed by atoms with E-state index in [1.165, 1.54) is 4.90 Å². The first kappa shape index (κ1) is 19.2. The highest BCUT2D eigenvalue weighted by Crippen LogP contribution is 2.27. The number of amides is 2. The lowest BCUT2D eigenvalue weighted by atomic mass is 10.1. The number of aromatic nitrogens is 2. The third-order valence-corrected chi connectivity index (χ3v) is 4.26. The van der Waals surface area contributed by atoms with Gasteiger partial charge in [-0.15, -0.1) is 0 Å². The Balaban J connectivity index is 1.88. The van der Waals surface area contributed by atoms with Gasteiger partial charge in [-0.2, -0.15) is 4.98 Å². The highest BCUT2D eigenvalue weighted by atomic mass is 16.5. The molecule has 3 rings (SSSR count). The van der Waals surface area contributed by atoms with Gasteiger partial charge in [-0.05, 0) is 36.8 Å². The van der Waals surface area contributed by atoms with E-state index in [9.17, 15) is 4.79 Å². The fourth-order valence-electron chi connectivity index (χ4n) is 2.76. The second-order valence-electron chi connectivity index (χ2n) is 6.10. The molecule has 0 saturated carbocycles. The molecule has 3 aromatic rings. The quantitative estimate of drug-likeness (QED) is 0.675. The average Bonchev–Trinajstić information content (AvgIpc) is 2.75. The van der Waals surface area contributed by atoms with Crippen molar-refractivity contribution in [3.8, 4) is 5.75 Å². The van der Waals surface area contributed by atoms with Crippen LogP contribution in [0.2, 0.25) is 0 Å². The molecular weight excluding hydrogens is 354 g/mol. The normalized spacial score (nSPS) is 11.4.